The minimum Gasteiger partial charge on any atom is -0.491 e. The number of ether oxygens (including phenoxy) is 1. The molecule has 3 rings (SSSR count). The Morgan fingerprint density at radius 3 is 2.40 bits per heavy atom. The third-order valence-corrected chi connectivity index (χ3v) is 4.05. The Morgan fingerprint density at radius 2 is 1.70 bits per heavy atom. The lowest BCUT2D eigenvalue weighted by atomic mass is 9.77. The lowest BCUT2D eigenvalue weighted by Crippen LogP contribution is -2.16. The van der Waals surface area contributed by atoms with Crippen molar-refractivity contribution in [3.8, 4) is 5.75 Å². The first kappa shape index (κ1) is 13.2. The van der Waals surface area contributed by atoms with Crippen molar-refractivity contribution in [1.29, 1.82) is 0 Å². The van der Waals surface area contributed by atoms with E-state index in [0.29, 0.717) is 12.5 Å². The average molecular weight is 268 g/mol. The Balaban J connectivity index is 1.69. The molecule has 1 saturated carbocycles. The number of rotatable bonds is 5. The van der Waals surface area contributed by atoms with Gasteiger partial charge in [0.05, 0.1) is 0 Å². The van der Waals surface area contributed by atoms with E-state index < -0.39 is 6.10 Å². The fourth-order valence-corrected chi connectivity index (χ4v) is 2.69. The van der Waals surface area contributed by atoms with Gasteiger partial charge in [0.1, 0.15) is 18.5 Å². The number of aliphatic hydroxyl groups is 1. The van der Waals surface area contributed by atoms with Crippen molar-refractivity contribution >= 4 is 0 Å². The van der Waals surface area contributed by atoms with Crippen LogP contribution < -0.4 is 4.74 Å². The molecule has 0 heterocycles. The van der Waals surface area contributed by atoms with Gasteiger partial charge in [-0.3, -0.25) is 0 Å². The predicted octanol–water partition coefficient (Wildman–Crippen LogP) is 4.07. The van der Waals surface area contributed by atoms with Crippen LogP contribution in [0.15, 0.2) is 54.6 Å². The van der Waals surface area contributed by atoms with E-state index in [9.17, 15) is 5.11 Å². The molecule has 0 bridgehead atoms. The summed E-state index contributed by atoms with van der Waals surface area (Å²) in [7, 11) is 0. The maximum Gasteiger partial charge on any atom is 0.119 e. The zero-order valence-electron chi connectivity index (χ0n) is 11.5. The second kappa shape index (κ2) is 6.10. The third-order valence-electron chi connectivity index (χ3n) is 4.05. The standard InChI is InChI=1S/C18H20O2/c19-18(13-20-15-9-2-1-3-10-15)17-12-5-4-11-16(17)14-7-6-8-14/h1-5,9-12,14,18-19H,6-8,13H2. The number of aliphatic hydroxyl groups excluding tert-OH is 1. The molecule has 20 heavy (non-hydrogen) atoms. The van der Waals surface area contributed by atoms with Gasteiger partial charge in [0.2, 0.25) is 0 Å². The van der Waals surface area contributed by atoms with Crippen LogP contribution in [0.25, 0.3) is 0 Å². The van der Waals surface area contributed by atoms with Crippen LogP contribution in [0.4, 0.5) is 0 Å². The maximum absolute atomic E-state index is 10.4. The van der Waals surface area contributed by atoms with Gasteiger partial charge in [-0.25, -0.2) is 0 Å². The van der Waals surface area contributed by atoms with Crippen molar-refractivity contribution in [1.82, 2.24) is 0 Å². The SMILES string of the molecule is OC(COc1ccccc1)c1ccccc1C1CCC1. The summed E-state index contributed by atoms with van der Waals surface area (Å²) in [4.78, 5) is 0. The van der Waals surface area contributed by atoms with Gasteiger partial charge in [-0.2, -0.15) is 0 Å². The molecule has 104 valence electrons. The first-order chi connectivity index (χ1) is 9.84. The minimum absolute atomic E-state index is 0.299. The fourth-order valence-electron chi connectivity index (χ4n) is 2.69. The van der Waals surface area contributed by atoms with Crippen molar-refractivity contribution in [3.05, 3.63) is 65.7 Å². The number of para-hydroxylation sites is 1. The van der Waals surface area contributed by atoms with Gasteiger partial charge < -0.3 is 9.84 Å². The Kier molecular flexibility index (Phi) is 4.03. The van der Waals surface area contributed by atoms with Gasteiger partial charge >= 0.3 is 0 Å². The van der Waals surface area contributed by atoms with Crippen molar-refractivity contribution in [2.45, 2.75) is 31.3 Å². The van der Waals surface area contributed by atoms with Crippen LogP contribution in [0, 0.1) is 0 Å². The van der Waals surface area contributed by atoms with E-state index >= 15 is 0 Å². The van der Waals surface area contributed by atoms with Crippen molar-refractivity contribution < 1.29 is 9.84 Å². The zero-order chi connectivity index (χ0) is 13.8. The lowest BCUT2D eigenvalue weighted by molar-refractivity contribution is 0.106. The molecule has 0 spiro atoms. The van der Waals surface area contributed by atoms with Crippen molar-refractivity contribution in [2.24, 2.45) is 0 Å². The lowest BCUT2D eigenvalue weighted by Gasteiger charge is -2.29. The summed E-state index contributed by atoms with van der Waals surface area (Å²) in [5.74, 6) is 1.42. The number of hydrogen-bond donors (Lipinski definition) is 1. The molecule has 0 amide bonds. The highest BCUT2D eigenvalue weighted by Crippen LogP contribution is 2.39. The third kappa shape index (κ3) is 2.86. The molecule has 1 unspecified atom stereocenters. The fraction of sp³-hybridized carbons (Fsp3) is 0.333. The summed E-state index contributed by atoms with van der Waals surface area (Å²) in [6.45, 7) is 0.299. The molecule has 2 heteroatoms. The second-order valence-corrected chi connectivity index (χ2v) is 5.40. The van der Waals surface area contributed by atoms with Gasteiger partial charge in [-0.05, 0) is 42.0 Å². The van der Waals surface area contributed by atoms with Crippen LogP contribution in [0.5, 0.6) is 5.75 Å². The molecule has 0 radical (unpaired) electrons. The second-order valence-electron chi connectivity index (χ2n) is 5.40. The topological polar surface area (TPSA) is 29.5 Å². The molecule has 0 aliphatic heterocycles. The highest BCUT2D eigenvalue weighted by atomic mass is 16.5. The van der Waals surface area contributed by atoms with Crippen LogP contribution in [0.3, 0.4) is 0 Å². The Labute approximate surface area is 120 Å². The molecule has 0 aromatic heterocycles. The first-order valence-corrected chi connectivity index (χ1v) is 7.29. The molecule has 2 nitrogen and oxygen atoms in total. The maximum atomic E-state index is 10.4. The van der Waals surface area contributed by atoms with Gasteiger partial charge in [0.15, 0.2) is 0 Å². The molecule has 1 aliphatic rings. The van der Waals surface area contributed by atoms with Crippen molar-refractivity contribution in [3.63, 3.8) is 0 Å². The van der Waals surface area contributed by atoms with E-state index in [4.69, 9.17) is 4.74 Å². The van der Waals surface area contributed by atoms with E-state index in [-0.39, 0.29) is 0 Å². The molecular formula is C18H20O2. The van der Waals surface area contributed by atoms with Crippen LogP contribution in [0.1, 0.15) is 42.4 Å². The molecule has 0 saturated heterocycles. The molecular weight excluding hydrogens is 248 g/mol. The Bertz CT molecular complexity index is 546. The van der Waals surface area contributed by atoms with Gasteiger partial charge in [0.25, 0.3) is 0 Å². The van der Waals surface area contributed by atoms with E-state index in [1.807, 2.05) is 42.5 Å². The summed E-state index contributed by atoms with van der Waals surface area (Å²) in [6.07, 6.45) is 3.22. The van der Waals surface area contributed by atoms with E-state index in [1.165, 1.54) is 24.8 Å². The predicted molar refractivity (Wildman–Crippen MR) is 79.9 cm³/mol. The highest BCUT2D eigenvalue weighted by molar-refractivity contribution is 5.33. The summed E-state index contributed by atoms with van der Waals surface area (Å²) < 4.78 is 5.66. The first-order valence-electron chi connectivity index (χ1n) is 7.29. The van der Waals surface area contributed by atoms with Crippen molar-refractivity contribution in [2.75, 3.05) is 6.61 Å². The van der Waals surface area contributed by atoms with Gasteiger partial charge in [-0.15, -0.1) is 0 Å². The van der Waals surface area contributed by atoms with Gasteiger partial charge in [-0.1, -0.05) is 48.9 Å². The van der Waals surface area contributed by atoms with Crippen LogP contribution >= 0.6 is 0 Å². The largest absolute Gasteiger partial charge is 0.491 e. The molecule has 1 fully saturated rings. The summed E-state index contributed by atoms with van der Waals surface area (Å²) >= 11 is 0. The summed E-state index contributed by atoms with van der Waals surface area (Å²) in [6, 6.07) is 17.8. The molecule has 2 aromatic rings. The molecule has 2 aromatic carbocycles. The van der Waals surface area contributed by atoms with E-state index in [0.717, 1.165) is 11.3 Å². The smallest absolute Gasteiger partial charge is 0.119 e. The molecule has 1 N–H and O–H groups in total. The highest BCUT2D eigenvalue weighted by Gasteiger charge is 2.24. The number of benzene rings is 2. The summed E-state index contributed by atoms with van der Waals surface area (Å²) in [5.41, 5.74) is 2.32. The van der Waals surface area contributed by atoms with Crippen LogP contribution in [0.2, 0.25) is 0 Å². The van der Waals surface area contributed by atoms with Crippen LogP contribution in [-0.2, 0) is 0 Å². The zero-order valence-corrected chi connectivity index (χ0v) is 11.5. The van der Waals surface area contributed by atoms with Crippen LogP contribution in [-0.4, -0.2) is 11.7 Å². The minimum atomic E-state index is -0.563. The van der Waals surface area contributed by atoms with E-state index in [1.54, 1.807) is 0 Å². The van der Waals surface area contributed by atoms with E-state index in [2.05, 4.69) is 12.1 Å². The Hall–Kier alpha value is -1.80. The Morgan fingerprint density at radius 1 is 1.00 bits per heavy atom. The monoisotopic (exact) mass is 268 g/mol. The summed E-state index contributed by atoms with van der Waals surface area (Å²) in [5, 5.41) is 10.4. The molecule has 1 aliphatic carbocycles. The number of hydrogen-bond acceptors (Lipinski definition) is 2. The molecule has 1 atom stereocenters. The average Bonchev–Trinajstić information content (AvgIpc) is 2.45. The quantitative estimate of drug-likeness (QED) is 0.886. The van der Waals surface area contributed by atoms with Gasteiger partial charge in [0, 0.05) is 0 Å². The normalized spacial score (nSPS) is 16.4.